The zero-order valence-electron chi connectivity index (χ0n) is 34.0. The molecule has 0 amide bonds. The van der Waals surface area contributed by atoms with E-state index in [2.05, 4.69) is 38.2 Å². The summed E-state index contributed by atoms with van der Waals surface area (Å²) in [5, 5.41) is 0. The van der Waals surface area contributed by atoms with Gasteiger partial charge in [0.25, 0.3) is 0 Å². The van der Waals surface area contributed by atoms with Crippen molar-refractivity contribution < 1.29 is 61.6 Å². The van der Waals surface area contributed by atoms with Crippen LogP contribution in [0.5, 0.6) is 0 Å². The van der Waals surface area contributed by atoms with Gasteiger partial charge in [-0.05, 0) is 76.3 Å². The topological polar surface area (TPSA) is 110 Å². The normalized spacial score (nSPS) is 11.7. The smallest absolute Gasteiger partial charge is 0.744 e. The fourth-order valence-electron chi connectivity index (χ4n) is 6.30. The largest absolute Gasteiger partial charge is 1.00 e. The maximum Gasteiger partial charge on any atom is 1.00 e. The second-order valence-electron chi connectivity index (χ2n) is 14.3. The zero-order chi connectivity index (χ0) is 38.0. The minimum Gasteiger partial charge on any atom is -0.744 e. The molecule has 0 bridgehead atoms. The quantitative estimate of drug-likeness (QED) is 0.0222. The van der Waals surface area contributed by atoms with Crippen LogP contribution in [-0.4, -0.2) is 38.1 Å². The summed E-state index contributed by atoms with van der Waals surface area (Å²) in [7, 11) is -5.02. The van der Waals surface area contributed by atoms with Gasteiger partial charge in [0.15, 0.2) is 0 Å². The third kappa shape index (κ3) is 28.6. The van der Waals surface area contributed by atoms with Gasteiger partial charge >= 0.3 is 41.5 Å². The van der Waals surface area contributed by atoms with Gasteiger partial charge in [0.05, 0.1) is 29.2 Å². The molecule has 1 aromatic rings. The molecule has 7 nitrogen and oxygen atoms in total. The van der Waals surface area contributed by atoms with Crippen LogP contribution in [0.1, 0.15) is 214 Å². The van der Waals surface area contributed by atoms with Crippen LogP contribution in [0.4, 0.5) is 0 Å². The molecule has 0 radical (unpaired) electrons. The molecule has 1 aromatic carbocycles. The first-order valence-electron chi connectivity index (χ1n) is 21.1. The van der Waals surface area contributed by atoms with Gasteiger partial charge in [-0.1, -0.05) is 160 Å². The number of hydrogen-bond donors (Lipinski definition) is 0. The number of hydrogen-bond acceptors (Lipinski definition) is 7. The van der Waals surface area contributed by atoms with E-state index in [-0.39, 0.29) is 48.3 Å². The van der Waals surface area contributed by atoms with Crippen LogP contribution in [0.25, 0.3) is 0 Å². The second-order valence-corrected chi connectivity index (χ2v) is 15.6. The van der Waals surface area contributed by atoms with Gasteiger partial charge < -0.3 is 14.0 Å². The fourth-order valence-corrected chi connectivity index (χ4v) is 6.99. The van der Waals surface area contributed by atoms with Crippen molar-refractivity contribution in [3.05, 3.63) is 53.6 Å². The summed E-state index contributed by atoms with van der Waals surface area (Å²) in [6, 6.07) is 3.60. The Morgan fingerprint density at radius 2 is 0.868 bits per heavy atom. The number of carbonyl (C=O) groups excluding carboxylic acids is 2. The number of benzene rings is 1. The molecule has 53 heavy (non-hydrogen) atoms. The van der Waals surface area contributed by atoms with Crippen LogP contribution >= 0.6 is 0 Å². The van der Waals surface area contributed by atoms with Crippen molar-refractivity contribution in [2.45, 2.75) is 199 Å². The molecule has 0 heterocycles. The van der Waals surface area contributed by atoms with E-state index in [1.165, 1.54) is 108 Å². The van der Waals surface area contributed by atoms with Gasteiger partial charge in [-0.25, -0.2) is 18.0 Å². The average molecular weight is 769 g/mol. The summed E-state index contributed by atoms with van der Waals surface area (Å²) >= 11 is 0. The predicted molar refractivity (Wildman–Crippen MR) is 214 cm³/mol. The van der Waals surface area contributed by atoms with E-state index < -0.39 is 32.5 Å². The van der Waals surface area contributed by atoms with E-state index in [0.717, 1.165) is 76.7 Å². The Labute approximate surface area is 347 Å². The molecule has 0 aliphatic heterocycles. The monoisotopic (exact) mass is 768 g/mol. The van der Waals surface area contributed by atoms with Crippen LogP contribution in [0.15, 0.2) is 47.4 Å². The Morgan fingerprint density at radius 3 is 1.25 bits per heavy atom. The predicted octanol–water partition coefficient (Wildman–Crippen LogP) is 9.98. The molecular weight excluding hydrogens is 696 g/mol. The fraction of sp³-hybridized carbons (Fsp3) is 0.727. The van der Waals surface area contributed by atoms with E-state index >= 15 is 0 Å². The van der Waals surface area contributed by atoms with Crippen molar-refractivity contribution >= 4 is 22.1 Å². The molecule has 0 aromatic heterocycles. The molecule has 0 N–H and O–H groups in total. The van der Waals surface area contributed by atoms with Crippen LogP contribution in [0, 0.1) is 0 Å². The molecule has 0 saturated heterocycles. The van der Waals surface area contributed by atoms with Gasteiger partial charge in [-0.3, -0.25) is 0 Å². The third-order valence-corrected chi connectivity index (χ3v) is 10.4. The van der Waals surface area contributed by atoms with Crippen molar-refractivity contribution in [2.24, 2.45) is 0 Å². The summed E-state index contributed by atoms with van der Waals surface area (Å²) in [4.78, 5) is 25.1. The van der Waals surface area contributed by atoms with Crippen LogP contribution in [0.2, 0.25) is 0 Å². The van der Waals surface area contributed by atoms with Crippen LogP contribution < -0.4 is 29.6 Å². The summed E-state index contributed by atoms with van der Waals surface area (Å²) < 4.78 is 46.6. The number of allylic oxidation sites excluding steroid dienone is 4. The van der Waals surface area contributed by atoms with E-state index in [1.807, 2.05) is 0 Å². The molecular formula is C44H73NaO7S. The summed E-state index contributed by atoms with van der Waals surface area (Å²) in [5.41, 5.74) is -0.795. The summed E-state index contributed by atoms with van der Waals surface area (Å²) in [6.07, 6.45) is 41.8. The standard InChI is InChI=1S/C44H74O7S.Na/c1-3-5-7-9-11-13-15-17-19-21-23-25-27-29-31-33-38-50-43(45)40-36-35-37-41(52(47,48)49)42(40)44(46)51-39-34-32-30-28-26-24-22-20-18-16-14-12-10-8-6-4-2;/h19-22,35-37H,3-18,23-34,38-39H2,1-2H3,(H,47,48,49);/q;+1/p-1/b21-19+,22-20+;. The molecule has 0 fully saturated rings. The van der Waals surface area contributed by atoms with Crippen LogP contribution in [-0.2, 0) is 19.6 Å². The Balaban J connectivity index is 0.0000270. The molecule has 1 rings (SSSR count). The zero-order valence-corrected chi connectivity index (χ0v) is 36.8. The maximum absolute atomic E-state index is 13.0. The Hall–Kier alpha value is -1.45. The number of rotatable bonds is 35. The van der Waals surface area contributed by atoms with E-state index in [9.17, 15) is 22.6 Å². The minimum absolute atomic E-state index is 0. The Morgan fingerprint density at radius 1 is 0.528 bits per heavy atom. The van der Waals surface area contributed by atoms with Crippen molar-refractivity contribution in [3.8, 4) is 0 Å². The summed E-state index contributed by atoms with van der Waals surface area (Å²) in [5.74, 6) is -1.83. The molecule has 0 aliphatic rings. The van der Waals surface area contributed by atoms with Crippen molar-refractivity contribution in [3.63, 3.8) is 0 Å². The summed E-state index contributed by atoms with van der Waals surface area (Å²) in [6.45, 7) is 4.72. The van der Waals surface area contributed by atoms with E-state index in [4.69, 9.17) is 9.47 Å². The Kier molecular flexibility index (Phi) is 35.2. The second kappa shape index (κ2) is 36.2. The molecule has 9 heteroatoms. The maximum atomic E-state index is 13.0. The van der Waals surface area contributed by atoms with E-state index in [0.29, 0.717) is 12.8 Å². The molecule has 298 valence electrons. The number of carbonyl (C=O) groups is 2. The molecule has 0 aliphatic carbocycles. The SMILES string of the molecule is CCCCCCCCC/C=C/CCCCCCCOC(=O)c1cccc(S(=O)(=O)[O-])c1C(=O)OCCCCCCC/C=C/CCCCCCCCC.[Na+]. The molecule has 0 atom stereocenters. The molecule has 0 spiro atoms. The van der Waals surface area contributed by atoms with Crippen molar-refractivity contribution in [1.82, 2.24) is 0 Å². The van der Waals surface area contributed by atoms with Gasteiger partial charge in [0.2, 0.25) is 0 Å². The van der Waals surface area contributed by atoms with Gasteiger partial charge in [-0.2, -0.15) is 0 Å². The first kappa shape index (κ1) is 51.5. The van der Waals surface area contributed by atoms with Gasteiger partial charge in [-0.15, -0.1) is 0 Å². The van der Waals surface area contributed by atoms with Gasteiger partial charge in [0.1, 0.15) is 10.1 Å². The average Bonchev–Trinajstić information content (AvgIpc) is 3.13. The van der Waals surface area contributed by atoms with Crippen LogP contribution in [0.3, 0.4) is 0 Å². The molecule has 0 saturated carbocycles. The third-order valence-electron chi connectivity index (χ3n) is 9.50. The molecule has 0 unspecified atom stereocenters. The van der Waals surface area contributed by atoms with Crippen molar-refractivity contribution in [1.29, 1.82) is 0 Å². The van der Waals surface area contributed by atoms with E-state index in [1.54, 1.807) is 0 Å². The Bertz CT molecular complexity index is 1210. The minimum atomic E-state index is -5.02. The van der Waals surface area contributed by atoms with Crippen molar-refractivity contribution in [2.75, 3.05) is 13.2 Å². The first-order valence-corrected chi connectivity index (χ1v) is 22.5. The first-order chi connectivity index (χ1) is 25.3. The van der Waals surface area contributed by atoms with Gasteiger partial charge in [0, 0.05) is 0 Å². The number of esters is 2. The number of unbranched alkanes of at least 4 members (excludes halogenated alkanes) is 24. The number of ether oxygens (including phenoxy) is 2.